The summed E-state index contributed by atoms with van der Waals surface area (Å²) < 4.78 is 6.42. The van der Waals surface area contributed by atoms with Gasteiger partial charge >= 0.3 is 0 Å². The first kappa shape index (κ1) is 14.3. The van der Waals surface area contributed by atoms with E-state index in [4.69, 9.17) is 4.42 Å². The second-order valence-corrected chi connectivity index (χ2v) is 5.53. The fourth-order valence-electron chi connectivity index (χ4n) is 2.10. The van der Waals surface area contributed by atoms with E-state index < -0.39 is 0 Å². The molecule has 1 atom stereocenters. The van der Waals surface area contributed by atoms with Crippen molar-refractivity contribution in [2.75, 3.05) is 6.54 Å². The minimum absolute atomic E-state index is 0.257. The lowest BCUT2D eigenvalue weighted by atomic mass is 10.0. The number of pyridine rings is 1. The molecule has 0 fully saturated rings. The highest BCUT2D eigenvalue weighted by Crippen LogP contribution is 2.22. The van der Waals surface area contributed by atoms with E-state index in [1.165, 1.54) is 5.56 Å². The maximum Gasteiger partial charge on any atom is 0.105 e. The van der Waals surface area contributed by atoms with Crippen molar-refractivity contribution in [3.63, 3.8) is 0 Å². The number of rotatable bonds is 6. The Morgan fingerprint density at radius 1 is 1.37 bits per heavy atom. The van der Waals surface area contributed by atoms with Crippen LogP contribution in [0.4, 0.5) is 0 Å². The fourth-order valence-corrected chi connectivity index (χ4v) is 2.34. The van der Waals surface area contributed by atoms with Crippen molar-refractivity contribution in [3.05, 3.63) is 52.1 Å². The maximum absolute atomic E-state index is 5.41. The SMILES string of the molecule is CCCNC(Cc1ccc(Br)cn1)c1ccoc1C. The van der Waals surface area contributed by atoms with E-state index in [1.807, 2.05) is 25.3 Å². The van der Waals surface area contributed by atoms with Gasteiger partial charge in [0.15, 0.2) is 0 Å². The average molecular weight is 323 g/mol. The molecule has 0 aromatic carbocycles. The smallest absolute Gasteiger partial charge is 0.105 e. The average Bonchev–Trinajstić information content (AvgIpc) is 2.83. The van der Waals surface area contributed by atoms with E-state index in [1.54, 1.807) is 6.26 Å². The van der Waals surface area contributed by atoms with Gasteiger partial charge < -0.3 is 9.73 Å². The van der Waals surface area contributed by atoms with Crippen LogP contribution in [0.3, 0.4) is 0 Å². The monoisotopic (exact) mass is 322 g/mol. The van der Waals surface area contributed by atoms with Gasteiger partial charge in [0.05, 0.1) is 6.26 Å². The molecule has 2 heterocycles. The molecule has 3 nitrogen and oxygen atoms in total. The molecule has 2 rings (SSSR count). The first-order valence-electron chi connectivity index (χ1n) is 6.58. The van der Waals surface area contributed by atoms with Crippen molar-refractivity contribution in [1.82, 2.24) is 10.3 Å². The Labute approximate surface area is 122 Å². The molecule has 1 N–H and O–H groups in total. The van der Waals surface area contributed by atoms with Gasteiger partial charge in [-0.2, -0.15) is 0 Å². The van der Waals surface area contributed by atoms with Crippen LogP contribution in [0.15, 0.2) is 39.5 Å². The summed E-state index contributed by atoms with van der Waals surface area (Å²) >= 11 is 3.41. The number of aromatic nitrogens is 1. The first-order chi connectivity index (χ1) is 9.20. The van der Waals surface area contributed by atoms with Crippen molar-refractivity contribution in [2.24, 2.45) is 0 Å². The summed E-state index contributed by atoms with van der Waals surface area (Å²) in [4.78, 5) is 4.45. The molecule has 102 valence electrons. The van der Waals surface area contributed by atoms with Gasteiger partial charge in [0.1, 0.15) is 5.76 Å². The molecule has 0 amide bonds. The summed E-state index contributed by atoms with van der Waals surface area (Å²) in [6.45, 7) is 5.17. The Morgan fingerprint density at radius 2 is 2.21 bits per heavy atom. The van der Waals surface area contributed by atoms with Gasteiger partial charge in [-0.25, -0.2) is 0 Å². The van der Waals surface area contributed by atoms with Gasteiger partial charge in [0.25, 0.3) is 0 Å². The molecule has 0 aliphatic rings. The molecule has 0 aliphatic carbocycles. The van der Waals surface area contributed by atoms with Crippen LogP contribution in [0.2, 0.25) is 0 Å². The normalized spacial score (nSPS) is 12.6. The molecule has 0 radical (unpaired) electrons. The third-order valence-corrected chi connectivity index (χ3v) is 3.59. The first-order valence-corrected chi connectivity index (χ1v) is 7.37. The summed E-state index contributed by atoms with van der Waals surface area (Å²) in [7, 11) is 0. The van der Waals surface area contributed by atoms with Crippen LogP contribution in [0.25, 0.3) is 0 Å². The summed E-state index contributed by atoms with van der Waals surface area (Å²) in [5, 5.41) is 3.56. The topological polar surface area (TPSA) is 38.1 Å². The molecule has 2 aromatic heterocycles. The second-order valence-electron chi connectivity index (χ2n) is 4.61. The molecule has 2 aromatic rings. The number of aryl methyl sites for hydroxylation is 1. The highest BCUT2D eigenvalue weighted by atomic mass is 79.9. The fraction of sp³-hybridized carbons (Fsp3) is 0.400. The van der Waals surface area contributed by atoms with Crippen LogP contribution in [-0.4, -0.2) is 11.5 Å². The summed E-state index contributed by atoms with van der Waals surface area (Å²) in [5.74, 6) is 0.978. The summed E-state index contributed by atoms with van der Waals surface area (Å²) in [5.41, 5.74) is 2.30. The quantitative estimate of drug-likeness (QED) is 0.872. The standard InChI is InChI=1S/C15H19BrN2O/c1-3-7-17-15(14-6-8-19-11(14)2)9-13-5-4-12(16)10-18-13/h4-6,8,10,15,17H,3,7,9H2,1-2H3. The third kappa shape index (κ3) is 3.91. The largest absolute Gasteiger partial charge is 0.469 e. The van der Waals surface area contributed by atoms with Crippen LogP contribution in [0.5, 0.6) is 0 Å². The number of furan rings is 1. The number of nitrogens with one attached hydrogen (secondary N) is 1. The van der Waals surface area contributed by atoms with Crippen LogP contribution in [0.1, 0.15) is 36.4 Å². The third-order valence-electron chi connectivity index (χ3n) is 3.12. The number of hydrogen-bond donors (Lipinski definition) is 1. The Morgan fingerprint density at radius 3 is 2.79 bits per heavy atom. The lowest BCUT2D eigenvalue weighted by Gasteiger charge is -2.17. The van der Waals surface area contributed by atoms with E-state index in [9.17, 15) is 0 Å². The van der Waals surface area contributed by atoms with Gasteiger partial charge in [-0.15, -0.1) is 0 Å². The van der Waals surface area contributed by atoms with Crippen molar-refractivity contribution in [2.45, 2.75) is 32.7 Å². The lowest BCUT2D eigenvalue weighted by Crippen LogP contribution is -2.24. The van der Waals surface area contributed by atoms with Crippen molar-refractivity contribution in [1.29, 1.82) is 0 Å². The Hall–Kier alpha value is -1.13. The van der Waals surface area contributed by atoms with Crippen molar-refractivity contribution < 1.29 is 4.42 Å². The summed E-state index contributed by atoms with van der Waals surface area (Å²) in [6.07, 6.45) is 5.57. The van der Waals surface area contributed by atoms with E-state index in [0.29, 0.717) is 0 Å². The zero-order chi connectivity index (χ0) is 13.7. The minimum atomic E-state index is 0.257. The van der Waals surface area contributed by atoms with E-state index in [-0.39, 0.29) is 6.04 Å². The van der Waals surface area contributed by atoms with E-state index in [2.05, 4.69) is 39.2 Å². The van der Waals surface area contributed by atoms with Crippen molar-refractivity contribution in [3.8, 4) is 0 Å². The molecule has 1 unspecified atom stereocenters. The highest BCUT2D eigenvalue weighted by molar-refractivity contribution is 9.10. The van der Waals surface area contributed by atoms with Gasteiger partial charge in [-0.05, 0) is 54.0 Å². The predicted octanol–water partition coefficient (Wildman–Crippen LogP) is 4.03. The molecule has 19 heavy (non-hydrogen) atoms. The second kappa shape index (κ2) is 6.87. The van der Waals surface area contributed by atoms with Crippen molar-refractivity contribution >= 4 is 15.9 Å². The minimum Gasteiger partial charge on any atom is -0.469 e. The molecule has 0 spiro atoms. The van der Waals surface area contributed by atoms with Gasteiger partial charge in [-0.1, -0.05) is 6.92 Å². The molecule has 4 heteroatoms. The molecular formula is C15H19BrN2O. The number of nitrogens with zero attached hydrogens (tertiary/aromatic N) is 1. The molecule has 0 saturated heterocycles. The van der Waals surface area contributed by atoms with Crippen LogP contribution in [-0.2, 0) is 6.42 Å². The Kier molecular flexibility index (Phi) is 5.16. The number of hydrogen-bond acceptors (Lipinski definition) is 3. The maximum atomic E-state index is 5.41. The van der Waals surface area contributed by atoms with Crippen LogP contribution >= 0.6 is 15.9 Å². The van der Waals surface area contributed by atoms with E-state index >= 15 is 0 Å². The predicted molar refractivity (Wildman–Crippen MR) is 80.1 cm³/mol. The Bertz CT molecular complexity index is 507. The Balaban J connectivity index is 2.14. The van der Waals surface area contributed by atoms with Gasteiger partial charge in [0.2, 0.25) is 0 Å². The van der Waals surface area contributed by atoms with Crippen LogP contribution < -0.4 is 5.32 Å². The molecule has 0 saturated carbocycles. The van der Waals surface area contributed by atoms with Gasteiger partial charge in [0, 0.05) is 34.4 Å². The molecule has 0 bridgehead atoms. The van der Waals surface area contributed by atoms with E-state index in [0.717, 1.165) is 35.3 Å². The zero-order valence-electron chi connectivity index (χ0n) is 11.3. The lowest BCUT2D eigenvalue weighted by molar-refractivity contribution is 0.491. The van der Waals surface area contributed by atoms with Crippen LogP contribution in [0, 0.1) is 6.92 Å². The summed E-state index contributed by atoms with van der Waals surface area (Å²) in [6, 6.07) is 6.38. The van der Waals surface area contributed by atoms with Gasteiger partial charge in [-0.3, -0.25) is 4.98 Å². The highest BCUT2D eigenvalue weighted by Gasteiger charge is 2.16. The molecular weight excluding hydrogens is 304 g/mol. The molecule has 0 aliphatic heterocycles. The zero-order valence-corrected chi connectivity index (χ0v) is 12.9. The number of halogens is 1.